The van der Waals surface area contributed by atoms with Crippen LogP contribution < -0.4 is 35.6 Å². The van der Waals surface area contributed by atoms with Gasteiger partial charge in [-0.05, 0) is 36.8 Å². The van der Waals surface area contributed by atoms with Gasteiger partial charge in [0.05, 0.1) is 60.8 Å². The second kappa shape index (κ2) is 18.1. The van der Waals surface area contributed by atoms with E-state index in [0.717, 1.165) is 10.6 Å². The maximum Gasteiger partial charge on any atom is 0.262 e. The molecular formula is C40H43ClN10O8S. The molecule has 3 unspecified atom stereocenters. The smallest absolute Gasteiger partial charge is 0.262 e. The number of halogens is 1. The first kappa shape index (κ1) is 42.1. The highest BCUT2D eigenvalue weighted by atomic mass is 35.5. The fourth-order valence-electron chi connectivity index (χ4n) is 7.35. The minimum absolute atomic E-state index is 0.00473. The number of nitrogens with two attached hydrogens (primary N) is 1. The first-order valence-electron chi connectivity index (χ1n) is 19.0. The maximum absolute atomic E-state index is 13.6. The highest BCUT2D eigenvalue weighted by Gasteiger charge is 2.46. The van der Waals surface area contributed by atoms with Gasteiger partial charge in [-0.3, -0.25) is 39.1 Å². The molecule has 0 aliphatic carbocycles. The Morgan fingerprint density at radius 1 is 1.05 bits per heavy atom. The molecule has 7 rings (SSSR count). The quantitative estimate of drug-likeness (QED) is 0.0995. The summed E-state index contributed by atoms with van der Waals surface area (Å²) >= 11 is 5.22. The van der Waals surface area contributed by atoms with Gasteiger partial charge in [-0.2, -0.15) is 9.29 Å². The van der Waals surface area contributed by atoms with Gasteiger partial charge in [-0.15, -0.1) is 0 Å². The molecule has 5 N–H and O–H groups in total. The molecule has 314 valence electrons. The van der Waals surface area contributed by atoms with Gasteiger partial charge in [0.25, 0.3) is 17.7 Å². The summed E-state index contributed by atoms with van der Waals surface area (Å²) in [5.41, 5.74) is 8.85. The molecular weight excluding hydrogens is 816 g/mol. The summed E-state index contributed by atoms with van der Waals surface area (Å²) in [6.45, 7) is 3.31. The standard InChI is InChI=1S/C40H43ClN10O8S/c1-48(60(3)57)29-10-5-4-9-27(29)44-36-26(41)22-43-40(47-36)45-28-12-11-23(21-31(28)58-2)50-17-15-49(16-18-50)19-20-59-34(35(42)53)24-7-6-8-25-33(24)39(56)51(38(25)55)30-13-14-32(52)46-37(30)54/h4-12,21-22,30,34H,13-20H2,1-3H3,(H2,42,53)(H,46,52,54)(H2,43,44,45,47). The number of rotatable bonds is 15. The number of imide groups is 2. The molecule has 3 aliphatic heterocycles. The van der Waals surface area contributed by atoms with Crippen molar-refractivity contribution in [3.63, 3.8) is 0 Å². The Hall–Kier alpha value is -5.99. The number of benzene rings is 3. The minimum Gasteiger partial charge on any atom is -0.593 e. The van der Waals surface area contributed by atoms with Gasteiger partial charge in [0.15, 0.2) is 11.9 Å². The average Bonchev–Trinajstić information content (AvgIpc) is 3.49. The summed E-state index contributed by atoms with van der Waals surface area (Å²) in [5.74, 6) is -2.27. The SMILES string of the molecule is COc1cc(N2CCN(CCOC(C(N)=O)c3cccc4c3C(=O)N(C3CCC(=O)NC3=O)C4=O)CC2)ccc1Nc1ncc(Cl)c(Nc2ccccc2N(C)[S+](C)[O-])n1. The Morgan fingerprint density at radius 3 is 2.53 bits per heavy atom. The lowest BCUT2D eigenvalue weighted by atomic mass is 9.98. The van der Waals surface area contributed by atoms with Gasteiger partial charge in [0.2, 0.25) is 17.8 Å². The second-order valence-corrected chi connectivity index (χ2v) is 16.0. The lowest BCUT2D eigenvalue weighted by molar-refractivity contribution is -0.136. The Labute approximate surface area is 353 Å². The molecule has 0 radical (unpaired) electrons. The van der Waals surface area contributed by atoms with Crippen LogP contribution in [-0.4, -0.2) is 120 Å². The molecule has 5 amide bonds. The Morgan fingerprint density at radius 2 is 1.82 bits per heavy atom. The number of aromatic nitrogens is 2. The van der Waals surface area contributed by atoms with E-state index < -0.39 is 53.0 Å². The third kappa shape index (κ3) is 8.80. The van der Waals surface area contributed by atoms with Crippen LogP contribution in [0.2, 0.25) is 5.02 Å². The van der Waals surface area contributed by atoms with Gasteiger partial charge >= 0.3 is 0 Å². The van der Waals surface area contributed by atoms with Crippen molar-refractivity contribution in [2.75, 3.05) is 79.6 Å². The summed E-state index contributed by atoms with van der Waals surface area (Å²) in [4.78, 5) is 78.0. The van der Waals surface area contributed by atoms with Crippen molar-refractivity contribution in [3.8, 4) is 5.75 Å². The summed E-state index contributed by atoms with van der Waals surface area (Å²) in [7, 11) is 3.31. The van der Waals surface area contributed by atoms with E-state index in [1.54, 1.807) is 24.7 Å². The van der Waals surface area contributed by atoms with Crippen LogP contribution in [0.5, 0.6) is 5.75 Å². The Kier molecular flexibility index (Phi) is 12.7. The normalized spacial score (nSPS) is 17.9. The fraction of sp³-hybridized carbons (Fsp3) is 0.325. The van der Waals surface area contributed by atoms with Crippen molar-refractivity contribution in [2.24, 2.45) is 5.73 Å². The van der Waals surface area contributed by atoms with Crippen LogP contribution in [0.25, 0.3) is 0 Å². The number of methoxy groups -OCH3 is 1. The van der Waals surface area contributed by atoms with E-state index in [0.29, 0.717) is 66.4 Å². The molecule has 2 saturated heterocycles. The van der Waals surface area contributed by atoms with E-state index in [-0.39, 0.29) is 42.1 Å². The first-order valence-corrected chi connectivity index (χ1v) is 20.9. The van der Waals surface area contributed by atoms with Crippen molar-refractivity contribution in [1.29, 1.82) is 0 Å². The molecule has 4 heterocycles. The molecule has 20 heteroatoms. The van der Waals surface area contributed by atoms with E-state index >= 15 is 0 Å². The summed E-state index contributed by atoms with van der Waals surface area (Å²) < 4.78 is 25.5. The summed E-state index contributed by atoms with van der Waals surface area (Å²) in [6, 6.07) is 16.5. The number of piperidine rings is 1. The largest absolute Gasteiger partial charge is 0.593 e. The van der Waals surface area contributed by atoms with E-state index in [4.69, 9.17) is 26.8 Å². The van der Waals surface area contributed by atoms with Crippen molar-refractivity contribution in [2.45, 2.75) is 25.0 Å². The second-order valence-electron chi connectivity index (χ2n) is 14.2. The number of nitrogens with one attached hydrogen (secondary N) is 3. The number of fused-ring (bicyclic) bond motifs is 1. The number of anilines is 6. The van der Waals surface area contributed by atoms with E-state index in [1.807, 2.05) is 42.5 Å². The zero-order valence-electron chi connectivity index (χ0n) is 33.0. The first-order chi connectivity index (χ1) is 28.8. The van der Waals surface area contributed by atoms with Crippen LogP contribution in [0.3, 0.4) is 0 Å². The predicted molar refractivity (Wildman–Crippen MR) is 225 cm³/mol. The molecule has 0 saturated carbocycles. The van der Waals surface area contributed by atoms with Gasteiger partial charge in [0, 0.05) is 56.5 Å². The van der Waals surface area contributed by atoms with Crippen LogP contribution in [0, 0.1) is 0 Å². The van der Waals surface area contributed by atoms with Crippen LogP contribution in [0.15, 0.2) is 66.9 Å². The zero-order valence-corrected chi connectivity index (χ0v) is 34.5. The lowest BCUT2D eigenvalue weighted by Crippen LogP contribution is -2.54. The van der Waals surface area contributed by atoms with Gasteiger partial charge in [0.1, 0.15) is 28.8 Å². The Bertz CT molecular complexity index is 2330. The molecule has 0 spiro atoms. The Balaban J connectivity index is 0.950. The van der Waals surface area contributed by atoms with Crippen molar-refractivity contribution in [1.82, 2.24) is 25.1 Å². The third-order valence-electron chi connectivity index (χ3n) is 10.5. The molecule has 60 heavy (non-hydrogen) atoms. The van der Waals surface area contributed by atoms with Crippen molar-refractivity contribution in [3.05, 3.63) is 88.6 Å². The number of para-hydroxylation sites is 2. The van der Waals surface area contributed by atoms with Crippen LogP contribution in [-0.2, 0) is 30.5 Å². The summed E-state index contributed by atoms with van der Waals surface area (Å²) in [5, 5.41) is 8.92. The molecule has 2 fully saturated rings. The maximum atomic E-state index is 13.6. The number of hydrogen-bond donors (Lipinski definition) is 4. The van der Waals surface area contributed by atoms with Gasteiger partial charge in [-0.1, -0.05) is 35.9 Å². The number of amides is 5. The molecule has 18 nitrogen and oxygen atoms in total. The van der Waals surface area contributed by atoms with E-state index in [9.17, 15) is 28.5 Å². The molecule has 3 aliphatic rings. The lowest BCUT2D eigenvalue weighted by Gasteiger charge is -2.36. The highest BCUT2D eigenvalue weighted by molar-refractivity contribution is 7.92. The van der Waals surface area contributed by atoms with Crippen LogP contribution in [0.4, 0.5) is 34.5 Å². The van der Waals surface area contributed by atoms with E-state index in [1.165, 1.54) is 24.4 Å². The number of hydrogen-bond acceptors (Lipinski definition) is 15. The number of primary amides is 1. The van der Waals surface area contributed by atoms with E-state index in [2.05, 4.69) is 35.7 Å². The zero-order chi connectivity index (χ0) is 42.7. The van der Waals surface area contributed by atoms with Gasteiger partial charge in [-0.25, -0.2) is 4.98 Å². The number of carbonyl (C=O) groups is 5. The predicted octanol–water partition coefficient (Wildman–Crippen LogP) is 3.12. The minimum atomic E-state index is -1.32. The highest BCUT2D eigenvalue weighted by Crippen LogP contribution is 2.36. The van der Waals surface area contributed by atoms with Crippen molar-refractivity contribution < 1.29 is 38.0 Å². The number of piperazine rings is 1. The van der Waals surface area contributed by atoms with Crippen LogP contribution >= 0.6 is 11.6 Å². The monoisotopic (exact) mass is 858 g/mol. The molecule has 1 aromatic heterocycles. The fourth-order valence-corrected chi connectivity index (χ4v) is 7.92. The van der Waals surface area contributed by atoms with Crippen LogP contribution in [0.1, 0.15) is 45.2 Å². The van der Waals surface area contributed by atoms with Gasteiger partial charge < -0.3 is 35.3 Å². The molecule has 3 aromatic carbocycles. The number of carbonyl (C=O) groups excluding carboxylic acids is 5. The number of ether oxygens (including phenoxy) is 2. The number of nitrogens with zero attached hydrogens (tertiary/aromatic N) is 6. The molecule has 4 aromatic rings. The molecule has 0 bridgehead atoms. The topological polar surface area (TPSA) is 228 Å². The summed E-state index contributed by atoms with van der Waals surface area (Å²) in [6.07, 6.45) is 1.75. The molecule has 3 atom stereocenters. The van der Waals surface area contributed by atoms with Crippen molar-refractivity contribution >= 4 is 87.0 Å². The third-order valence-corrected chi connectivity index (χ3v) is 11.8. The average molecular weight is 859 g/mol.